The Bertz CT molecular complexity index is 606. The first-order chi connectivity index (χ1) is 9.16. The van der Waals surface area contributed by atoms with Crippen molar-refractivity contribution in [2.24, 2.45) is 0 Å². The number of anilines is 1. The van der Waals surface area contributed by atoms with E-state index in [0.717, 1.165) is 0 Å². The summed E-state index contributed by atoms with van der Waals surface area (Å²) in [5, 5.41) is 4.96. The van der Waals surface area contributed by atoms with Crippen LogP contribution in [0.5, 0.6) is 0 Å². The van der Waals surface area contributed by atoms with E-state index in [-0.39, 0.29) is 16.6 Å². The molecule has 1 amide bonds. The van der Waals surface area contributed by atoms with E-state index >= 15 is 0 Å². The molecule has 5 nitrogen and oxygen atoms in total. The lowest BCUT2D eigenvalue weighted by Crippen LogP contribution is -2.35. The molecule has 2 aromatic rings. The number of amides is 1. The quantitative estimate of drug-likeness (QED) is 0.818. The fraction of sp³-hybridized carbons (Fsp3) is 0. The van der Waals surface area contributed by atoms with E-state index < -0.39 is 11.7 Å². The molecule has 1 aromatic heterocycles. The van der Waals surface area contributed by atoms with Crippen LogP contribution in [-0.4, -0.2) is 21.0 Å². The van der Waals surface area contributed by atoms with Gasteiger partial charge in [-0.3, -0.25) is 10.1 Å². The lowest BCUT2D eigenvalue weighted by Gasteiger charge is -2.08. The minimum absolute atomic E-state index is 0.000506. The van der Waals surface area contributed by atoms with Crippen molar-refractivity contribution in [2.75, 3.05) is 5.32 Å². The van der Waals surface area contributed by atoms with Gasteiger partial charge in [-0.05, 0) is 30.4 Å². The number of benzene rings is 1. The Morgan fingerprint density at radius 2 is 1.84 bits per heavy atom. The average Bonchev–Trinajstić information content (AvgIpc) is 2.40. The number of halogens is 1. The highest BCUT2D eigenvalue weighted by atomic mass is 32.1. The second-order valence-electron chi connectivity index (χ2n) is 3.46. The van der Waals surface area contributed by atoms with Gasteiger partial charge in [0.15, 0.2) is 5.11 Å². The van der Waals surface area contributed by atoms with Crippen molar-refractivity contribution >= 4 is 29.2 Å². The van der Waals surface area contributed by atoms with Gasteiger partial charge in [0.2, 0.25) is 5.95 Å². The standard InChI is InChI=1S/C12H9FN4OS/c13-9-5-2-1-4-8(9)10(18)16-12(19)17-11-14-6-3-7-15-11/h1-7H,(H2,14,15,16,17,18,19). The molecular formula is C12H9FN4OS. The zero-order valence-electron chi connectivity index (χ0n) is 9.63. The van der Waals surface area contributed by atoms with E-state index in [0.29, 0.717) is 0 Å². The van der Waals surface area contributed by atoms with Crippen LogP contribution in [0.4, 0.5) is 10.3 Å². The molecule has 2 N–H and O–H groups in total. The first kappa shape index (κ1) is 13.0. The number of nitrogens with zero attached hydrogens (tertiary/aromatic N) is 2. The van der Waals surface area contributed by atoms with Crippen molar-refractivity contribution in [3.05, 3.63) is 54.1 Å². The molecule has 0 spiro atoms. The molecule has 7 heteroatoms. The molecule has 0 aliphatic carbocycles. The highest BCUT2D eigenvalue weighted by Gasteiger charge is 2.12. The van der Waals surface area contributed by atoms with Gasteiger partial charge in [-0.1, -0.05) is 12.1 Å². The van der Waals surface area contributed by atoms with Gasteiger partial charge in [-0.2, -0.15) is 0 Å². The number of hydrogen-bond donors (Lipinski definition) is 2. The molecule has 1 heterocycles. The normalized spacial score (nSPS) is 9.74. The molecule has 0 aliphatic heterocycles. The van der Waals surface area contributed by atoms with Gasteiger partial charge in [0, 0.05) is 12.4 Å². The maximum Gasteiger partial charge on any atom is 0.260 e. The topological polar surface area (TPSA) is 66.9 Å². The minimum Gasteiger partial charge on any atom is -0.301 e. The van der Waals surface area contributed by atoms with Gasteiger partial charge in [0.05, 0.1) is 5.56 Å². The summed E-state index contributed by atoms with van der Waals surface area (Å²) in [6.07, 6.45) is 3.05. The zero-order valence-corrected chi connectivity index (χ0v) is 10.4. The van der Waals surface area contributed by atoms with E-state index in [4.69, 9.17) is 12.2 Å². The van der Waals surface area contributed by atoms with Gasteiger partial charge in [-0.25, -0.2) is 14.4 Å². The molecule has 0 unspecified atom stereocenters. The Labute approximate surface area is 113 Å². The van der Waals surface area contributed by atoms with Gasteiger partial charge in [0.1, 0.15) is 5.82 Å². The summed E-state index contributed by atoms with van der Waals surface area (Å²) in [4.78, 5) is 19.5. The summed E-state index contributed by atoms with van der Waals surface area (Å²) in [5.74, 6) is -0.994. The number of aromatic nitrogens is 2. The molecule has 0 saturated heterocycles. The first-order valence-electron chi connectivity index (χ1n) is 5.30. The largest absolute Gasteiger partial charge is 0.301 e. The van der Waals surface area contributed by atoms with Gasteiger partial charge < -0.3 is 5.32 Å². The summed E-state index contributed by atoms with van der Waals surface area (Å²) in [6, 6.07) is 7.28. The van der Waals surface area contributed by atoms with Crippen LogP contribution in [0, 0.1) is 5.82 Å². The number of hydrogen-bond acceptors (Lipinski definition) is 4. The summed E-state index contributed by atoms with van der Waals surface area (Å²) in [7, 11) is 0. The molecule has 0 atom stereocenters. The molecule has 0 aliphatic rings. The van der Waals surface area contributed by atoms with Crippen LogP contribution >= 0.6 is 12.2 Å². The Kier molecular flexibility index (Phi) is 4.09. The van der Waals surface area contributed by atoms with Crippen molar-refractivity contribution in [3.8, 4) is 0 Å². The summed E-state index contributed by atoms with van der Waals surface area (Å²) < 4.78 is 13.4. The fourth-order valence-electron chi connectivity index (χ4n) is 1.31. The predicted octanol–water partition coefficient (Wildman–Crippen LogP) is 1.74. The molecule has 96 valence electrons. The molecule has 0 saturated carbocycles. The van der Waals surface area contributed by atoms with Gasteiger partial charge in [-0.15, -0.1) is 0 Å². The second kappa shape index (κ2) is 5.96. The summed E-state index contributed by atoms with van der Waals surface area (Å²) in [5.41, 5.74) is -0.0827. The monoisotopic (exact) mass is 276 g/mol. The molecule has 19 heavy (non-hydrogen) atoms. The third-order valence-electron chi connectivity index (χ3n) is 2.14. The van der Waals surface area contributed by atoms with E-state index in [1.54, 1.807) is 12.1 Å². The van der Waals surface area contributed by atoms with E-state index in [1.807, 2.05) is 0 Å². The van der Waals surface area contributed by atoms with Crippen molar-refractivity contribution in [1.29, 1.82) is 0 Å². The summed E-state index contributed by atoms with van der Waals surface area (Å²) in [6.45, 7) is 0. The highest BCUT2D eigenvalue weighted by Crippen LogP contribution is 2.05. The van der Waals surface area contributed by atoms with Gasteiger partial charge >= 0.3 is 0 Å². The van der Waals surface area contributed by atoms with Crippen molar-refractivity contribution in [3.63, 3.8) is 0 Å². The minimum atomic E-state index is -0.633. The average molecular weight is 276 g/mol. The van der Waals surface area contributed by atoms with Crippen molar-refractivity contribution in [2.45, 2.75) is 0 Å². The Balaban J connectivity index is 2.00. The maximum absolute atomic E-state index is 13.4. The molecular weight excluding hydrogens is 267 g/mol. The molecule has 0 radical (unpaired) electrons. The van der Waals surface area contributed by atoms with Gasteiger partial charge in [0.25, 0.3) is 5.91 Å². The van der Waals surface area contributed by atoms with Crippen LogP contribution in [0.1, 0.15) is 10.4 Å². The van der Waals surface area contributed by atoms with Crippen LogP contribution in [0.25, 0.3) is 0 Å². The third kappa shape index (κ3) is 3.52. The maximum atomic E-state index is 13.4. The SMILES string of the molecule is O=C(NC(=S)Nc1ncccn1)c1ccccc1F. The van der Waals surface area contributed by atoms with Crippen LogP contribution in [-0.2, 0) is 0 Å². The van der Waals surface area contributed by atoms with Crippen LogP contribution in [0.2, 0.25) is 0 Å². The fourth-order valence-corrected chi connectivity index (χ4v) is 1.50. The van der Waals surface area contributed by atoms with E-state index in [1.165, 1.54) is 30.6 Å². The number of carbonyl (C=O) groups is 1. The Morgan fingerprint density at radius 3 is 2.53 bits per heavy atom. The zero-order chi connectivity index (χ0) is 13.7. The Hall–Kier alpha value is -2.41. The van der Waals surface area contributed by atoms with Crippen molar-refractivity contribution < 1.29 is 9.18 Å². The third-order valence-corrected chi connectivity index (χ3v) is 2.34. The number of nitrogens with one attached hydrogen (secondary N) is 2. The van der Waals surface area contributed by atoms with Crippen LogP contribution in [0.3, 0.4) is 0 Å². The highest BCUT2D eigenvalue weighted by molar-refractivity contribution is 7.80. The second-order valence-corrected chi connectivity index (χ2v) is 3.87. The molecule has 0 fully saturated rings. The molecule has 0 bridgehead atoms. The van der Waals surface area contributed by atoms with Crippen LogP contribution in [0.15, 0.2) is 42.7 Å². The van der Waals surface area contributed by atoms with Crippen LogP contribution < -0.4 is 10.6 Å². The summed E-state index contributed by atoms with van der Waals surface area (Å²) >= 11 is 4.91. The Morgan fingerprint density at radius 1 is 1.16 bits per heavy atom. The number of thiocarbonyl (C=S) groups is 1. The van der Waals surface area contributed by atoms with E-state index in [2.05, 4.69) is 20.6 Å². The smallest absolute Gasteiger partial charge is 0.260 e. The number of carbonyl (C=O) groups excluding carboxylic acids is 1. The van der Waals surface area contributed by atoms with Crippen molar-refractivity contribution in [1.82, 2.24) is 15.3 Å². The first-order valence-corrected chi connectivity index (χ1v) is 5.71. The van der Waals surface area contributed by atoms with E-state index in [9.17, 15) is 9.18 Å². The number of rotatable bonds is 2. The molecule has 2 rings (SSSR count). The lowest BCUT2D eigenvalue weighted by atomic mass is 10.2. The lowest BCUT2D eigenvalue weighted by molar-refractivity contribution is 0.0974. The predicted molar refractivity (Wildman–Crippen MR) is 72.1 cm³/mol. The molecule has 1 aromatic carbocycles.